The zero-order valence-corrected chi connectivity index (χ0v) is 16.2. The van der Waals surface area contributed by atoms with E-state index in [-0.39, 0.29) is 5.92 Å². The number of hydrogen-bond acceptors (Lipinski definition) is 4. The van der Waals surface area contributed by atoms with Crippen LogP contribution in [0.25, 0.3) is 0 Å². The highest BCUT2D eigenvalue weighted by atomic mass is 16.5. The maximum atomic E-state index is 11.8. The minimum absolute atomic E-state index is 0.229. The predicted octanol–water partition coefficient (Wildman–Crippen LogP) is 3.87. The molecule has 26 heavy (non-hydrogen) atoms. The largest absolute Gasteiger partial charge is 0.493 e. The predicted molar refractivity (Wildman–Crippen MR) is 104 cm³/mol. The summed E-state index contributed by atoms with van der Waals surface area (Å²) in [5, 5.41) is 15.3. The lowest BCUT2D eigenvalue weighted by Gasteiger charge is -2.40. The van der Waals surface area contributed by atoms with Gasteiger partial charge in [0, 0.05) is 31.7 Å². The van der Waals surface area contributed by atoms with Gasteiger partial charge >= 0.3 is 0 Å². The second-order valence-electron chi connectivity index (χ2n) is 7.99. The van der Waals surface area contributed by atoms with Gasteiger partial charge in [0.05, 0.1) is 12.2 Å². The molecule has 2 fully saturated rings. The van der Waals surface area contributed by atoms with Crippen LogP contribution in [0.4, 0.5) is 0 Å². The van der Waals surface area contributed by atoms with Gasteiger partial charge in [-0.2, -0.15) is 0 Å². The van der Waals surface area contributed by atoms with E-state index in [1.165, 1.54) is 12.8 Å². The van der Waals surface area contributed by atoms with Crippen molar-refractivity contribution in [3.63, 3.8) is 0 Å². The van der Waals surface area contributed by atoms with E-state index in [1.807, 2.05) is 18.2 Å². The van der Waals surface area contributed by atoms with Crippen molar-refractivity contribution in [1.29, 1.82) is 0 Å². The Morgan fingerprint density at radius 2 is 2.00 bits per heavy atom. The zero-order chi connectivity index (χ0) is 18.2. The van der Waals surface area contributed by atoms with Crippen LogP contribution in [0.1, 0.15) is 56.9 Å². The summed E-state index contributed by atoms with van der Waals surface area (Å²) in [4.78, 5) is 0. The van der Waals surface area contributed by atoms with Gasteiger partial charge in [0.15, 0.2) is 0 Å². The molecule has 1 aliphatic heterocycles. The molecule has 0 spiro atoms. The number of hydrogen-bond donors (Lipinski definition) is 2. The topological polar surface area (TPSA) is 50.7 Å². The average Bonchev–Trinajstić information content (AvgIpc) is 3.51. The van der Waals surface area contributed by atoms with Crippen molar-refractivity contribution in [2.75, 3.05) is 33.4 Å². The van der Waals surface area contributed by atoms with E-state index >= 15 is 0 Å². The van der Waals surface area contributed by atoms with Crippen LogP contribution >= 0.6 is 0 Å². The molecule has 0 unspecified atom stereocenters. The van der Waals surface area contributed by atoms with E-state index in [9.17, 15) is 5.11 Å². The van der Waals surface area contributed by atoms with E-state index in [0.29, 0.717) is 0 Å². The molecular weight excluding hydrogens is 326 g/mol. The maximum Gasteiger partial charge on any atom is 0.125 e. The summed E-state index contributed by atoms with van der Waals surface area (Å²) >= 11 is 0. The van der Waals surface area contributed by atoms with Gasteiger partial charge in [0.1, 0.15) is 5.75 Å². The molecule has 0 bridgehead atoms. The number of para-hydroxylation sites is 1. The van der Waals surface area contributed by atoms with Gasteiger partial charge in [0.2, 0.25) is 0 Å². The molecule has 4 heteroatoms. The van der Waals surface area contributed by atoms with E-state index < -0.39 is 5.60 Å². The van der Waals surface area contributed by atoms with Crippen LogP contribution in [0, 0.1) is 11.8 Å². The first-order valence-electron chi connectivity index (χ1n) is 10.4. The van der Waals surface area contributed by atoms with E-state index in [4.69, 9.17) is 9.47 Å². The highest BCUT2D eigenvalue weighted by molar-refractivity contribution is 5.39. The Morgan fingerprint density at radius 1 is 1.15 bits per heavy atom. The van der Waals surface area contributed by atoms with Crippen molar-refractivity contribution < 1.29 is 14.6 Å². The molecule has 0 radical (unpaired) electrons. The first kappa shape index (κ1) is 19.7. The Labute approximate surface area is 158 Å². The van der Waals surface area contributed by atoms with Crippen LogP contribution in [0.15, 0.2) is 24.3 Å². The molecule has 4 nitrogen and oxygen atoms in total. The summed E-state index contributed by atoms with van der Waals surface area (Å²) in [5.41, 5.74) is 0.138. The molecule has 1 saturated heterocycles. The first-order valence-corrected chi connectivity index (χ1v) is 10.4. The molecule has 1 aromatic rings. The van der Waals surface area contributed by atoms with Gasteiger partial charge in [-0.15, -0.1) is 0 Å². The SMILES string of the molecule is COCCCC[C@@](O)(c1ccccc1OCCC1CC1)[C@@H]1CCCNC1. The second kappa shape index (κ2) is 9.72. The fraction of sp³-hybridized carbons (Fsp3) is 0.727. The molecule has 1 aromatic carbocycles. The number of methoxy groups -OCH3 is 1. The van der Waals surface area contributed by atoms with E-state index in [2.05, 4.69) is 11.4 Å². The summed E-state index contributed by atoms with van der Waals surface area (Å²) in [7, 11) is 1.74. The Hall–Kier alpha value is -1.10. The number of piperidine rings is 1. The smallest absolute Gasteiger partial charge is 0.125 e. The van der Waals surface area contributed by atoms with Gasteiger partial charge in [-0.1, -0.05) is 31.0 Å². The highest BCUT2D eigenvalue weighted by Gasteiger charge is 2.40. The highest BCUT2D eigenvalue weighted by Crippen LogP contribution is 2.42. The molecule has 2 atom stereocenters. The van der Waals surface area contributed by atoms with Gasteiger partial charge < -0.3 is 19.9 Å². The van der Waals surface area contributed by atoms with Crippen LogP contribution in [-0.2, 0) is 10.3 Å². The van der Waals surface area contributed by atoms with Crippen molar-refractivity contribution in [2.45, 2.75) is 57.0 Å². The lowest BCUT2D eigenvalue weighted by molar-refractivity contribution is -0.0453. The van der Waals surface area contributed by atoms with E-state index in [0.717, 1.165) is 82.1 Å². The Kier molecular flexibility index (Phi) is 7.35. The third kappa shape index (κ3) is 5.21. The molecule has 3 rings (SSSR count). The average molecular weight is 362 g/mol. The lowest BCUT2D eigenvalue weighted by atomic mass is 9.74. The molecule has 1 aliphatic carbocycles. The fourth-order valence-electron chi connectivity index (χ4n) is 4.15. The van der Waals surface area contributed by atoms with E-state index in [1.54, 1.807) is 7.11 Å². The van der Waals surface area contributed by atoms with Crippen molar-refractivity contribution >= 4 is 0 Å². The van der Waals surface area contributed by atoms with Crippen molar-refractivity contribution in [3.05, 3.63) is 29.8 Å². The monoisotopic (exact) mass is 361 g/mol. The molecule has 1 saturated carbocycles. The number of aliphatic hydroxyl groups is 1. The van der Waals surface area contributed by atoms with Gasteiger partial charge in [-0.3, -0.25) is 0 Å². The van der Waals surface area contributed by atoms with Gasteiger partial charge in [-0.25, -0.2) is 0 Å². The minimum atomic E-state index is -0.836. The summed E-state index contributed by atoms with van der Waals surface area (Å²) in [6.07, 6.45) is 8.70. The lowest BCUT2D eigenvalue weighted by Crippen LogP contribution is -2.44. The van der Waals surface area contributed by atoms with Crippen molar-refractivity contribution in [1.82, 2.24) is 5.32 Å². The number of nitrogens with one attached hydrogen (secondary N) is 1. The minimum Gasteiger partial charge on any atom is -0.493 e. The Bertz CT molecular complexity index is 540. The molecule has 0 aromatic heterocycles. The Balaban J connectivity index is 1.75. The maximum absolute atomic E-state index is 11.8. The normalized spacial score (nSPS) is 22.8. The summed E-state index contributed by atoms with van der Waals surface area (Å²) in [6.45, 7) is 3.43. The quantitative estimate of drug-likeness (QED) is 0.588. The summed E-state index contributed by atoms with van der Waals surface area (Å²) in [6, 6.07) is 8.13. The van der Waals surface area contributed by atoms with Crippen LogP contribution in [0.5, 0.6) is 5.75 Å². The van der Waals surface area contributed by atoms with Crippen LogP contribution in [-0.4, -0.2) is 38.5 Å². The fourth-order valence-corrected chi connectivity index (χ4v) is 4.15. The standard InChI is InChI=1S/C22H35NO3/c1-25-15-5-4-13-22(24,19-7-6-14-23-17-19)20-8-2-3-9-21(20)26-16-12-18-10-11-18/h2-3,8-9,18-19,23-24H,4-7,10-17H2,1H3/t19-,22+/m1/s1. The number of rotatable bonds is 11. The number of unbranched alkanes of at least 4 members (excludes halogenated alkanes) is 1. The molecule has 0 amide bonds. The molecule has 2 aliphatic rings. The van der Waals surface area contributed by atoms with Crippen molar-refractivity contribution in [2.24, 2.45) is 11.8 Å². The number of ether oxygens (including phenoxy) is 2. The van der Waals surface area contributed by atoms with Crippen LogP contribution < -0.4 is 10.1 Å². The molecule has 146 valence electrons. The zero-order valence-electron chi connectivity index (χ0n) is 16.2. The third-order valence-electron chi connectivity index (χ3n) is 5.96. The molecule has 2 N–H and O–H groups in total. The molecular formula is C22H35NO3. The van der Waals surface area contributed by atoms with Gasteiger partial charge in [-0.05, 0) is 57.1 Å². The van der Waals surface area contributed by atoms with Crippen LogP contribution in [0.2, 0.25) is 0 Å². The van der Waals surface area contributed by atoms with Gasteiger partial charge in [0.25, 0.3) is 0 Å². The third-order valence-corrected chi connectivity index (χ3v) is 5.96. The van der Waals surface area contributed by atoms with Crippen molar-refractivity contribution in [3.8, 4) is 5.75 Å². The first-order chi connectivity index (χ1) is 12.7. The summed E-state index contributed by atoms with van der Waals surface area (Å²) < 4.78 is 11.3. The Morgan fingerprint density at radius 3 is 2.73 bits per heavy atom. The summed E-state index contributed by atoms with van der Waals surface area (Å²) in [5.74, 6) is 1.96. The second-order valence-corrected chi connectivity index (χ2v) is 7.99. The van der Waals surface area contributed by atoms with Crippen LogP contribution in [0.3, 0.4) is 0 Å². The number of benzene rings is 1. The molecule has 1 heterocycles.